The standard InChI is InChI=1S/C15H12O3/c1-9-8-10(6-7-13(9)16)14-11-4-2-3-5-12(11)15(17)18-14/h2-8,14,16H,1H3. The van der Waals surface area contributed by atoms with Gasteiger partial charge in [0.05, 0.1) is 5.56 Å². The molecule has 1 aliphatic rings. The molecule has 1 heterocycles. The summed E-state index contributed by atoms with van der Waals surface area (Å²) in [6, 6.07) is 12.6. The summed E-state index contributed by atoms with van der Waals surface area (Å²) >= 11 is 0. The minimum absolute atomic E-state index is 0.247. The number of ether oxygens (including phenoxy) is 1. The molecule has 0 amide bonds. The molecule has 0 aromatic heterocycles. The molecule has 2 aromatic carbocycles. The van der Waals surface area contributed by atoms with Gasteiger partial charge in [-0.25, -0.2) is 4.79 Å². The maximum absolute atomic E-state index is 11.7. The summed E-state index contributed by atoms with van der Waals surface area (Å²) in [5, 5.41) is 9.53. The number of phenolic OH excluding ortho intramolecular Hbond substituents is 1. The number of carbonyl (C=O) groups excluding carboxylic acids is 1. The molecule has 0 saturated heterocycles. The Kier molecular flexibility index (Phi) is 2.33. The number of hydrogen-bond acceptors (Lipinski definition) is 3. The Hall–Kier alpha value is -2.29. The highest BCUT2D eigenvalue weighted by Crippen LogP contribution is 2.36. The molecule has 90 valence electrons. The van der Waals surface area contributed by atoms with Crippen LogP contribution in [0.5, 0.6) is 5.75 Å². The van der Waals surface area contributed by atoms with Gasteiger partial charge in [0.1, 0.15) is 5.75 Å². The highest BCUT2D eigenvalue weighted by atomic mass is 16.5. The number of aryl methyl sites for hydroxylation is 1. The molecule has 2 aromatic rings. The van der Waals surface area contributed by atoms with Crippen molar-refractivity contribution in [3.63, 3.8) is 0 Å². The number of fused-ring (bicyclic) bond motifs is 1. The first-order chi connectivity index (χ1) is 8.66. The Bertz CT molecular complexity index is 631. The van der Waals surface area contributed by atoms with Gasteiger partial charge >= 0.3 is 5.97 Å². The van der Waals surface area contributed by atoms with E-state index in [4.69, 9.17) is 4.74 Å². The fraction of sp³-hybridized carbons (Fsp3) is 0.133. The Morgan fingerprint density at radius 2 is 1.94 bits per heavy atom. The molecule has 3 heteroatoms. The van der Waals surface area contributed by atoms with Crippen molar-refractivity contribution in [1.82, 2.24) is 0 Å². The highest BCUT2D eigenvalue weighted by molar-refractivity contribution is 5.94. The first kappa shape index (κ1) is 10.8. The van der Waals surface area contributed by atoms with Crippen LogP contribution in [0.4, 0.5) is 0 Å². The molecule has 1 aliphatic heterocycles. The third-order valence-corrected chi connectivity index (χ3v) is 3.21. The molecule has 0 spiro atoms. The van der Waals surface area contributed by atoms with Crippen LogP contribution in [0.3, 0.4) is 0 Å². The van der Waals surface area contributed by atoms with E-state index >= 15 is 0 Å². The van der Waals surface area contributed by atoms with E-state index in [2.05, 4.69) is 0 Å². The largest absolute Gasteiger partial charge is 0.508 e. The lowest BCUT2D eigenvalue weighted by Gasteiger charge is -2.12. The average molecular weight is 240 g/mol. The fourth-order valence-electron chi connectivity index (χ4n) is 2.23. The van der Waals surface area contributed by atoms with Crippen LogP contribution in [0, 0.1) is 6.92 Å². The van der Waals surface area contributed by atoms with Crippen LogP contribution in [0.2, 0.25) is 0 Å². The van der Waals surface area contributed by atoms with Gasteiger partial charge in [-0.15, -0.1) is 0 Å². The molecule has 0 bridgehead atoms. The van der Waals surface area contributed by atoms with Crippen molar-refractivity contribution < 1.29 is 14.6 Å². The number of benzene rings is 2. The van der Waals surface area contributed by atoms with Gasteiger partial charge in [-0.3, -0.25) is 0 Å². The van der Waals surface area contributed by atoms with Crippen molar-refractivity contribution in [3.05, 3.63) is 64.7 Å². The van der Waals surface area contributed by atoms with Crippen LogP contribution in [0.1, 0.15) is 33.2 Å². The number of rotatable bonds is 1. The van der Waals surface area contributed by atoms with E-state index in [1.165, 1.54) is 0 Å². The summed E-state index contributed by atoms with van der Waals surface area (Å²) in [5.41, 5.74) is 3.15. The van der Waals surface area contributed by atoms with E-state index < -0.39 is 0 Å². The second kappa shape index (κ2) is 3.88. The summed E-state index contributed by atoms with van der Waals surface area (Å²) in [6.45, 7) is 1.82. The van der Waals surface area contributed by atoms with Crippen LogP contribution in [-0.2, 0) is 4.74 Å². The van der Waals surface area contributed by atoms with E-state index in [-0.39, 0.29) is 17.8 Å². The average Bonchev–Trinajstić information content (AvgIpc) is 2.71. The number of carbonyl (C=O) groups is 1. The second-order valence-electron chi connectivity index (χ2n) is 4.42. The van der Waals surface area contributed by atoms with Gasteiger partial charge < -0.3 is 9.84 Å². The SMILES string of the molecule is Cc1cc(C2OC(=O)c3ccccc32)ccc1O. The summed E-state index contributed by atoms with van der Waals surface area (Å²) in [5.74, 6) is -0.0438. The van der Waals surface area contributed by atoms with E-state index in [9.17, 15) is 9.90 Å². The molecule has 0 aliphatic carbocycles. The molecule has 3 nitrogen and oxygen atoms in total. The summed E-state index contributed by atoms with van der Waals surface area (Å²) < 4.78 is 5.39. The second-order valence-corrected chi connectivity index (χ2v) is 4.42. The van der Waals surface area contributed by atoms with Gasteiger partial charge in [0.25, 0.3) is 0 Å². The van der Waals surface area contributed by atoms with Gasteiger partial charge in [0.2, 0.25) is 0 Å². The molecule has 1 N–H and O–H groups in total. The highest BCUT2D eigenvalue weighted by Gasteiger charge is 2.31. The number of cyclic esters (lactones) is 1. The summed E-state index contributed by atoms with van der Waals surface area (Å²) in [7, 11) is 0. The lowest BCUT2D eigenvalue weighted by atomic mass is 9.98. The third-order valence-electron chi connectivity index (χ3n) is 3.21. The van der Waals surface area contributed by atoms with E-state index in [1.807, 2.05) is 31.2 Å². The number of aromatic hydroxyl groups is 1. The first-order valence-electron chi connectivity index (χ1n) is 5.76. The lowest BCUT2D eigenvalue weighted by molar-refractivity contribution is 0.0455. The van der Waals surface area contributed by atoms with Crippen molar-refractivity contribution in [2.45, 2.75) is 13.0 Å². The number of esters is 1. The fourth-order valence-corrected chi connectivity index (χ4v) is 2.23. The minimum atomic E-state index is -0.368. The molecule has 3 rings (SSSR count). The van der Waals surface area contributed by atoms with Crippen LogP contribution in [-0.4, -0.2) is 11.1 Å². The van der Waals surface area contributed by atoms with Crippen molar-refractivity contribution in [3.8, 4) is 5.75 Å². The maximum Gasteiger partial charge on any atom is 0.339 e. The smallest absolute Gasteiger partial charge is 0.339 e. The van der Waals surface area contributed by atoms with Gasteiger partial charge in [-0.1, -0.05) is 24.3 Å². The van der Waals surface area contributed by atoms with E-state index in [1.54, 1.807) is 18.2 Å². The van der Waals surface area contributed by atoms with Crippen LogP contribution in [0.25, 0.3) is 0 Å². The topological polar surface area (TPSA) is 46.5 Å². The predicted molar refractivity (Wildman–Crippen MR) is 66.5 cm³/mol. The lowest BCUT2D eigenvalue weighted by Crippen LogP contribution is -2.00. The molecular formula is C15H12O3. The van der Waals surface area contributed by atoms with Gasteiger partial charge in [0, 0.05) is 5.56 Å². The molecule has 0 radical (unpaired) electrons. The summed E-state index contributed by atoms with van der Waals surface area (Å²) in [6.07, 6.45) is -0.368. The monoisotopic (exact) mass is 240 g/mol. The zero-order chi connectivity index (χ0) is 12.7. The Labute approximate surface area is 105 Å². The van der Waals surface area contributed by atoms with Crippen LogP contribution < -0.4 is 0 Å². The Balaban J connectivity index is 2.09. The van der Waals surface area contributed by atoms with Gasteiger partial charge in [-0.05, 0) is 36.2 Å². The zero-order valence-corrected chi connectivity index (χ0v) is 9.88. The number of hydrogen-bond donors (Lipinski definition) is 1. The van der Waals surface area contributed by atoms with Crippen molar-refractivity contribution in [2.75, 3.05) is 0 Å². The van der Waals surface area contributed by atoms with Crippen molar-refractivity contribution in [2.24, 2.45) is 0 Å². The van der Waals surface area contributed by atoms with E-state index in [0.717, 1.165) is 16.7 Å². The van der Waals surface area contributed by atoms with Gasteiger partial charge in [0.15, 0.2) is 6.10 Å². The summed E-state index contributed by atoms with van der Waals surface area (Å²) in [4.78, 5) is 11.7. The Morgan fingerprint density at radius 1 is 1.17 bits per heavy atom. The van der Waals surface area contributed by atoms with Crippen molar-refractivity contribution >= 4 is 5.97 Å². The Morgan fingerprint density at radius 3 is 2.72 bits per heavy atom. The maximum atomic E-state index is 11.7. The first-order valence-corrected chi connectivity index (χ1v) is 5.76. The third kappa shape index (κ3) is 1.56. The zero-order valence-electron chi connectivity index (χ0n) is 9.88. The molecule has 0 fully saturated rings. The molecule has 18 heavy (non-hydrogen) atoms. The normalized spacial score (nSPS) is 17.4. The number of phenols is 1. The predicted octanol–water partition coefficient (Wildman–Crippen LogP) is 2.96. The molecule has 1 atom stereocenters. The molecule has 1 unspecified atom stereocenters. The minimum Gasteiger partial charge on any atom is -0.508 e. The molecule has 0 saturated carbocycles. The van der Waals surface area contributed by atoms with Crippen LogP contribution >= 0.6 is 0 Å². The van der Waals surface area contributed by atoms with Gasteiger partial charge in [-0.2, -0.15) is 0 Å². The quantitative estimate of drug-likeness (QED) is 0.779. The van der Waals surface area contributed by atoms with Crippen LogP contribution in [0.15, 0.2) is 42.5 Å². The molecular weight excluding hydrogens is 228 g/mol. The van der Waals surface area contributed by atoms with Crippen molar-refractivity contribution in [1.29, 1.82) is 0 Å². The van der Waals surface area contributed by atoms with E-state index in [0.29, 0.717) is 5.56 Å².